The van der Waals surface area contributed by atoms with E-state index < -0.39 is 11.1 Å². The number of alkyl halides is 3. The fraction of sp³-hybridized carbons (Fsp3) is 0.167. The molecule has 3 aromatic heterocycles. The van der Waals surface area contributed by atoms with E-state index in [0.29, 0.717) is 26.9 Å². The number of thioether (sulfide) groups is 1. The van der Waals surface area contributed by atoms with Crippen molar-refractivity contribution in [1.29, 1.82) is 0 Å². The second-order valence-corrected chi connectivity index (χ2v) is 9.11. The number of aromatic nitrogens is 2. The van der Waals surface area contributed by atoms with Crippen LogP contribution in [0, 0.1) is 0 Å². The molecule has 168 valence electrons. The first-order chi connectivity index (χ1) is 15.7. The Balaban J connectivity index is 1.79. The SMILES string of the molecule is CCc1ccc2c(c1)c1c3cccnc3oc(=O)c1n2Cc1cc(SC(F)(F)F)ccc1Cl. The predicted molar refractivity (Wildman–Crippen MR) is 125 cm³/mol. The zero-order chi connectivity index (χ0) is 23.3. The van der Waals surface area contributed by atoms with Gasteiger partial charge < -0.3 is 8.98 Å². The molecule has 0 fully saturated rings. The number of hydrogen-bond donors (Lipinski definition) is 0. The molecule has 2 aromatic carbocycles. The molecule has 0 aliphatic rings. The van der Waals surface area contributed by atoms with E-state index in [2.05, 4.69) is 4.98 Å². The molecule has 5 aromatic rings. The second kappa shape index (κ2) is 8.11. The van der Waals surface area contributed by atoms with Gasteiger partial charge in [-0.05, 0) is 71.8 Å². The summed E-state index contributed by atoms with van der Waals surface area (Å²) in [6.07, 6.45) is 2.36. The third kappa shape index (κ3) is 3.98. The Hall–Kier alpha value is -2.97. The number of fused-ring (bicyclic) bond motifs is 5. The van der Waals surface area contributed by atoms with Crippen molar-refractivity contribution in [3.63, 3.8) is 0 Å². The van der Waals surface area contributed by atoms with E-state index in [-0.39, 0.29) is 28.9 Å². The molecule has 33 heavy (non-hydrogen) atoms. The summed E-state index contributed by atoms with van der Waals surface area (Å²) in [5.74, 6) is 0. The van der Waals surface area contributed by atoms with Crippen LogP contribution < -0.4 is 5.63 Å². The van der Waals surface area contributed by atoms with Crippen LogP contribution in [0.3, 0.4) is 0 Å². The van der Waals surface area contributed by atoms with Gasteiger partial charge in [-0.1, -0.05) is 24.6 Å². The summed E-state index contributed by atoms with van der Waals surface area (Å²) in [5, 5.41) is 2.56. The van der Waals surface area contributed by atoms with Gasteiger partial charge in [0.25, 0.3) is 0 Å². The Morgan fingerprint density at radius 3 is 2.70 bits per heavy atom. The number of benzene rings is 2. The van der Waals surface area contributed by atoms with Gasteiger partial charge >= 0.3 is 11.1 Å². The van der Waals surface area contributed by atoms with Gasteiger partial charge in [-0.3, -0.25) is 0 Å². The van der Waals surface area contributed by atoms with Crippen LogP contribution in [-0.4, -0.2) is 15.1 Å². The molecule has 0 amide bonds. The van der Waals surface area contributed by atoms with Crippen LogP contribution in [0.25, 0.3) is 32.9 Å². The van der Waals surface area contributed by atoms with Crippen LogP contribution in [-0.2, 0) is 13.0 Å². The zero-order valence-electron chi connectivity index (χ0n) is 17.2. The Kier molecular flexibility index (Phi) is 5.37. The summed E-state index contributed by atoms with van der Waals surface area (Å²) < 4.78 is 46.0. The van der Waals surface area contributed by atoms with Crippen LogP contribution in [0.1, 0.15) is 18.1 Å². The maximum absolute atomic E-state index is 13.1. The third-order valence-corrected chi connectivity index (χ3v) is 6.63. The van der Waals surface area contributed by atoms with Gasteiger partial charge in [-0.25, -0.2) is 9.78 Å². The molecule has 0 aliphatic heterocycles. The molecule has 0 aliphatic carbocycles. The third-order valence-electron chi connectivity index (χ3n) is 5.54. The minimum absolute atomic E-state index is 0.0256. The van der Waals surface area contributed by atoms with Gasteiger partial charge in [0.05, 0.1) is 0 Å². The molecule has 0 radical (unpaired) electrons. The molecule has 0 unspecified atom stereocenters. The Bertz CT molecular complexity index is 1590. The molecule has 3 heterocycles. The normalized spacial score (nSPS) is 12.3. The Morgan fingerprint density at radius 2 is 1.94 bits per heavy atom. The number of nitrogens with zero attached hydrogens (tertiary/aromatic N) is 2. The highest BCUT2D eigenvalue weighted by molar-refractivity contribution is 8.00. The van der Waals surface area contributed by atoms with Crippen LogP contribution in [0.15, 0.2) is 68.8 Å². The van der Waals surface area contributed by atoms with Crippen LogP contribution in [0.2, 0.25) is 5.02 Å². The summed E-state index contributed by atoms with van der Waals surface area (Å²) in [6, 6.07) is 13.7. The van der Waals surface area contributed by atoms with Crippen LogP contribution in [0.4, 0.5) is 13.2 Å². The van der Waals surface area contributed by atoms with Crippen molar-refractivity contribution in [1.82, 2.24) is 9.55 Å². The quantitative estimate of drug-likeness (QED) is 0.251. The van der Waals surface area contributed by atoms with Crippen molar-refractivity contribution in [3.8, 4) is 0 Å². The molecule has 5 rings (SSSR count). The first-order valence-corrected chi connectivity index (χ1v) is 11.3. The fourth-order valence-electron chi connectivity index (χ4n) is 4.11. The monoisotopic (exact) mass is 488 g/mol. The first-order valence-electron chi connectivity index (χ1n) is 10.1. The van der Waals surface area contributed by atoms with E-state index >= 15 is 0 Å². The van der Waals surface area contributed by atoms with Crippen LogP contribution >= 0.6 is 23.4 Å². The molecule has 4 nitrogen and oxygen atoms in total. The largest absolute Gasteiger partial charge is 0.446 e. The average molecular weight is 489 g/mol. The van der Waals surface area contributed by atoms with Gasteiger partial charge in [-0.2, -0.15) is 13.2 Å². The van der Waals surface area contributed by atoms with Gasteiger partial charge in [0.1, 0.15) is 5.52 Å². The lowest BCUT2D eigenvalue weighted by Crippen LogP contribution is -2.09. The van der Waals surface area contributed by atoms with E-state index in [1.165, 1.54) is 18.2 Å². The van der Waals surface area contributed by atoms with Crippen molar-refractivity contribution in [2.45, 2.75) is 30.3 Å². The Morgan fingerprint density at radius 1 is 1.12 bits per heavy atom. The van der Waals surface area contributed by atoms with Crippen molar-refractivity contribution < 1.29 is 17.6 Å². The highest BCUT2D eigenvalue weighted by Crippen LogP contribution is 2.39. The molecule has 0 saturated carbocycles. The van der Waals surface area contributed by atoms with E-state index in [9.17, 15) is 18.0 Å². The van der Waals surface area contributed by atoms with Crippen LogP contribution in [0.5, 0.6) is 0 Å². The summed E-state index contributed by atoms with van der Waals surface area (Å²) in [5.41, 5.74) is -2.11. The van der Waals surface area contributed by atoms with Crippen molar-refractivity contribution in [2.75, 3.05) is 0 Å². The summed E-state index contributed by atoms with van der Waals surface area (Å²) >= 11 is 6.15. The van der Waals surface area contributed by atoms with Crippen molar-refractivity contribution in [2.24, 2.45) is 0 Å². The number of aryl methyl sites for hydroxylation is 1. The zero-order valence-corrected chi connectivity index (χ0v) is 18.8. The number of halogens is 4. The lowest BCUT2D eigenvalue weighted by Gasteiger charge is -2.12. The Labute approximate surface area is 195 Å². The lowest BCUT2D eigenvalue weighted by molar-refractivity contribution is -0.0328. The minimum Gasteiger partial charge on any atom is -0.402 e. The maximum Gasteiger partial charge on any atom is 0.446 e. The first kappa shape index (κ1) is 21.9. The molecule has 0 N–H and O–H groups in total. The molecular formula is C24H16ClF3N2O2S. The maximum atomic E-state index is 13.1. The second-order valence-electron chi connectivity index (χ2n) is 7.56. The molecule has 0 bridgehead atoms. The molecule has 0 saturated heterocycles. The average Bonchev–Trinajstić information content (AvgIpc) is 3.09. The molecule has 0 atom stereocenters. The fourth-order valence-corrected chi connectivity index (χ4v) is 4.89. The number of pyridine rings is 1. The summed E-state index contributed by atoms with van der Waals surface area (Å²) in [7, 11) is 0. The minimum atomic E-state index is -4.42. The summed E-state index contributed by atoms with van der Waals surface area (Å²) in [4.78, 5) is 17.3. The van der Waals surface area contributed by atoms with E-state index in [0.717, 1.165) is 22.9 Å². The predicted octanol–water partition coefficient (Wildman–Crippen LogP) is 7.17. The van der Waals surface area contributed by atoms with Crippen molar-refractivity contribution in [3.05, 3.63) is 81.3 Å². The number of hydrogen-bond acceptors (Lipinski definition) is 4. The molecule has 9 heteroatoms. The van der Waals surface area contributed by atoms with Gasteiger partial charge in [0.15, 0.2) is 0 Å². The van der Waals surface area contributed by atoms with Gasteiger partial charge in [0, 0.05) is 44.3 Å². The van der Waals surface area contributed by atoms with E-state index in [4.69, 9.17) is 16.0 Å². The smallest absolute Gasteiger partial charge is 0.402 e. The van der Waals surface area contributed by atoms with Crippen molar-refractivity contribution >= 4 is 56.3 Å². The van der Waals surface area contributed by atoms with Gasteiger partial charge in [0.2, 0.25) is 5.71 Å². The molecular weight excluding hydrogens is 473 g/mol. The van der Waals surface area contributed by atoms with Gasteiger partial charge in [-0.15, -0.1) is 0 Å². The van der Waals surface area contributed by atoms with E-state index in [1.807, 2.05) is 31.2 Å². The lowest BCUT2D eigenvalue weighted by atomic mass is 10.1. The standard InChI is InChI=1S/C24H16ClF3N2O2S/c1-2-13-5-8-19-17(10-13)20-16-4-3-9-29-22(16)32-23(31)21(20)30(19)12-14-11-15(6-7-18(14)25)33-24(26,27)28/h3-11H,2,12H2,1H3. The summed E-state index contributed by atoms with van der Waals surface area (Å²) in [6.45, 7) is 2.14. The number of rotatable bonds is 4. The highest BCUT2D eigenvalue weighted by atomic mass is 35.5. The molecule has 0 spiro atoms. The van der Waals surface area contributed by atoms with E-state index in [1.54, 1.807) is 16.8 Å². The topological polar surface area (TPSA) is 48.0 Å². The highest BCUT2D eigenvalue weighted by Gasteiger charge is 2.29.